The van der Waals surface area contributed by atoms with Crippen molar-refractivity contribution in [2.45, 2.75) is 18.8 Å². The van der Waals surface area contributed by atoms with Crippen LogP contribution in [-0.2, 0) is 6.54 Å². The fourth-order valence-corrected chi connectivity index (χ4v) is 1.59. The van der Waals surface area contributed by atoms with Crippen LogP contribution in [0.4, 0.5) is 5.95 Å². The van der Waals surface area contributed by atoms with Crippen molar-refractivity contribution >= 4 is 17.1 Å². The van der Waals surface area contributed by atoms with Crippen LogP contribution in [0.1, 0.15) is 0 Å². The topological polar surface area (TPSA) is 150 Å². The molecule has 0 bridgehead atoms. The van der Waals surface area contributed by atoms with E-state index in [1.807, 2.05) is 0 Å². The minimum absolute atomic E-state index is 0.0475. The Labute approximate surface area is 101 Å². The summed E-state index contributed by atoms with van der Waals surface area (Å²) in [5, 5.41) is 27.5. The van der Waals surface area contributed by atoms with Crippen LogP contribution in [0.5, 0.6) is 0 Å². The molecule has 2 heterocycles. The van der Waals surface area contributed by atoms with E-state index in [0.717, 1.165) is 0 Å². The minimum atomic E-state index is -1.29. The number of aliphatic hydroxyl groups is 3. The van der Waals surface area contributed by atoms with E-state index in [9.17, 15) is 15.0 Å². The molecule has 0 amide bonds. The molecule has 9 heteroatoms. The van der Waals surface area contributed by atoms with Crippen molar-refractivity contribution < 1.29 is 15.3 Å². The maximum absolute atomic E-state index is 11.7. The van der Waals surface area contributed by atoms with Crippen molar-refractivity contribution in [3.8, 4) is 0 Å². The molecule has 6 N–H and O–H groups in total. The van der Waals surface area contributed by atoms with Crippen molar-refractivity contribution in [1.29, 1.82) is 0 Å². The van der Waals surface area contributed by atoms with Gasteiger partial charge in [0.1, 0.15) is 12.2 Å². The van der Waals surface area contributed by atoms with Gasteiger partial charge in [-0.2, -0.15) is 4.98 Å². The molecule has 0 radical (unpaired) electrons. The summed E-state index contributed by atoms with van der Waals surface area (Å²) in [4.78, 5) is 21.7. The van der Waals surface area contributed by atoms with Gasteiger partial charge < -0.3 is 25.6 Å². The number of hydrogen-bond donors (Lipinski definition) is 5. The van der Waals surface area contributed by atoms with Gasteiger partial charge in [0, 0.05) is 0 Å². The van der Waals surface area contributed by atoms with E-state index in [-0.39, 0.29) is 23.7 Å². The fourth-order valence-electron chi connectivity index (χ4n) is 1.59. The predicted molar refractivity (Wildman–Crippen MR) is 61.7 cm³/mol. The molecule has 98 valence electrons. The highest BCUT2D eigenvalue weighted by Gasteiger charge is 2.18. The fraction of sp³-hybridized carbons (Fsp3) is 0.444. The van der Waals surface area contributed by atoms with Crippen molar-refractivity contribution in [2.24, 2.45) is 0 Å². The Kier molecular flexibility index (Phi) is 3.28. The normalized spacial score (nSPS) is 14.8. The number of nitrogens with zero attached hydrogens (tertiary/aromatic N) is 3. The number of H-pyrrole nitrogens is 1. The molecule has 0 spiro atoms. The first-order valence-electron chi connectivity index (χ1n) is 5.20. The Hall–Kier alpha value is -1.97. The molecule has 0 saturated heterocycles. The van der Waals surface area contributed by atoms with Crippen LogP contribution >= 0.6 is 0 Å². The summed E-state index contributed by atoms with van der Waals surface area (Å²) in [6.07, 6.45) is -1.20. The van der Waals surface area contributed by atoms with Crippen LogP contribution in [0, 0.1) is 0 Å². The molecule has 0 unspecified atom stereocenters. The zero-order valence-electron chi connectivity index (χ0n) is 9.32. The number of nitrogens with one attached hydrogen (secondary N) is 1. The second kappa shape index (κ2) is 4.72. The number of imidazole rings is 1. The molecule has 0 fully saturated rings. The molecule has 0 aliphatic carbocycles. The lowest BCUT2D eigenvalue weighted by Gasteiger charge is -2.15. The number of aromatic amines is 1. The summed E-state index contributed by atoms with van der Waals surface area (Å²) < 4.78 is 1.34. The van der Waals surface area contributed by atoms with E-state index < -0.39 is 24.4 Å². The molecule has 2 aromatic heterocycles. The third-order valence-corrected chi connectivity index (χ3v) is 2.52. The molecule has 18 heavy (non-hydrogen) atoms. The molecule has 0 aliphatic rings. The van der Waals surface area contributed by atoms with E-state index in [0.29, 0.717) is 0 Å². The Balaban J connectivity index is 2.38. The number of fused-ring (bicyclic) bond motifs is 1. The summed E-state index contributed by atoms with van der Waals surface area (Å²) >= 11 is 0. The van der Waals surface area contributed by atoms with Gasteiger partial charge in [0.25, 0.3) is 5.56 Å². The van der Waals surface area contributed by atoms with E-state index in [1.165, 1.54) is 10.9 Å². The van der Waals surface area contributed by atoms with Crippen LogP contribution in [0.3, 0.4) is 0 Å². The minimum Gasteiger partial charge on any atom is -0.394 e. The highest BCUT2D eigenvalue weighted by molar-refractivity contribution is 5.70. The average Bonchev–Trinajstić information content (AvgIpc) is 2.71. The molecule has 0 aliphatic heterocycles. The summed E-state index contributed by atoms with van der Waals surface area (Å²) in [6.45, 7) is -0.664. The van der Waals surface area contributed by atoms with E-state index in [1.54, 1.807) is 0 Å². The quantitative estimate of drug-likeness (QED) is 0.402. The van der Waals surface area contributed by atoms with Gasteiger partial charge in [-0.05, 0) is 0 Å². The number of nitrogens with two attached hydrogens (primary N) is 1. The standard InChI is InChI=1S/C9H13N5O4/c10-9-12-7-6(8(18)13-9)14(3-11-7)1-4(16)5(17)2-15/h3-5,15-17H,1-2H2,(H3,10,12,13,18)/t4-,5+/m0/s1. The Morgan fingerprint density at radius 3 is 2.83 bits per heavy atom. The van der Waals surface area contributed by atoms with Crippen molar-refractivity contribution in [3.05, 3.63) is 16.7 Å². The molecular weight excluding hydrogens is 242 g/mol. The zero-order valence-corrected chi connectivity index (χ0v) is 9.32. The smallest absolute Gasteiger partial charge is 0.278 e. The van der Waals surface area contributed by atoms with Gasteiger partial charge in [0.15, 0.2) is 11.2 Å². The molecule has 2 rings (SSSR count). The third kappa shape index (κ3) is 2.18. The average molecular weight is 255 g/mol. The number of aliphatic hydroxyl groups excluding tert-OH is 3. The molecule has 2 atom stereocenters. The second-order valence-corrected chi connectivity index (χ2v) is 3.84. The van der Waals surface area contributed by atoms with Gasteiger partial charge >= 0.3 is 0 Å². The van der Waals surface area contributed by atoms with Crippen molar-refractivity contribution in [1.82, 2.24) is 19.5 Å². The van der Waals surface area contributed by atoms with Gasteiger partial charge in [0.2, 0.25) is 5.95 Å². The molecule has 0 aromatic carbocycles. The summed E-state index contributed by atoms with van der Waals surface area (Å²) in [7, 11) is 0. The van der Waals surface area contributed by atoms with Gasteiger partial charge in [-0.15, -0.1) is 0 Å². The van der Waals surface area contributed by atoms with E-state index in [4.69, 9.17) is 10.8 Å². The lowest BCUT2D eigenvalue weighted by molar-refractivity contribution is -0.0210. The number of hydrogen-bond acceptors (Lipinski definition) is 7. The van der Waals surface area contributed by atoms with Gasteiger partial charge in [-0.3, -0.25) is 9.78 Å². The van der Waals surface area contributed by atoms with Crippen LogP contribution in [-0.4, -0.2) is 53.7 Å². The van der Waals surface area contributed by atoms with Gasteiger partial charge in [0.05, 0.1) is 19.5 Å². The van der Waals surface area contributed by atoms with E-state index in [2.05, 4.69) is 15.0 Å². The maximum Gasteiger partial charge on any atom is 0.278 e. The summed E-state index contributed by atoms with van der Waals surface area (Å²) in [5.74, 6) is -0.0475. The van der Waals surface area contributed by atoms with Gasteiger partial charge in [-0.25, -0.2) is 4.98 Å². The number of nitrogen functional groups attached to an aromatic ring is 1. The first kappa shape index (κ1) is 12.5. The first-order valence-corrected chi connectivity index (χ1v) is 5.20. The Bertz CT molecular complexity index is 607. The number of aromatic nitrogens is 4. The summed E-state index contributed by atoms with van der Waals surface area (Å²) in [6, 6.07) is 0. The second-order valence-electron chi connectivity index (χ2n) is 3.84. The third-order valence-electron chi connectivity index (χ3n) is 2.52. The molecular formula is C9H13N5O4. The SMILES string of the molecule is Nc1nc2ncn(C[C@H](O)[C@H](O)CO)c2c(=O)[nH]1. The van der Waals surface area contributed by atoms with Crippen molar-refractivity contribution in [3.63, 3.8) is 0 Å². The monoisotopic (exact) mass is 255 g/mol. The lowest BCUT2D eigenvalue weighted by atomic mass is 10.2. The largest absolute Gasteiger partial charge is 0.394 e. The first-order chi connectivity index (χ1) is 8.52. The predicted octanol–water partition coefficient (Wildman–Crippen LogP) is -2.58. The Morgan fingerprint density at radius 1 is 1.44 bits per heavy atom. The van der Waals surface area contributed by atoms with Gasteiger partial charge in [-0.1, -0.05) is 0 Å². The van der Waals surface area contributed by atoms with Crippen molar-refractivity contribution in [2.75, 3.05) is 12.3 Å². The van der Waals surface area contributed by atoms with E-state index >= 15 is 0 Å². The highest BCUT2D eigenvalue weighted by Crippen LogP contribution is 2.08. The molecule has 2 aromatic rings. The Morgan fingerprint density at radius 2 is 2.17 bits per heavy atom. The van der Waals surface area contributed by atoms with Crippen LogP contribution in [0.2, 0.25) is 0 Å². The van der Waals surface area contributed by atoms with Crippen LogP contribution < -0.4 is 11.3 Å². The maximum atomic E-state index is 11.7. The van der Waals surface area contributed by atoms with Crippen LogP contribution in [0.15, 0.2) is 11.1 Å². The molecule has 9 nitrogen and oxygen atoms in total. The highest BCUT2D eigenvalue weighted by atomic mass is 16.4. The van der Waals surface area contributed by atoms with Crippen LogP contribution in [0.25, 0.3) is 11.2 Å². The number of rotatable bonds is 4. The molecule has 0 saturated carbocycles. The number of anilines is 1. The lowest BCUT2D eigenvalue weighted by Crippen LogP contribution is -2.33. The summed E-state index contributed by atoms with van der Waals surface area (Å²) in [5.41, 5.74) is 5.18. The zero-order chi connectivity index (χ0) is 13.3.